The number of nitriles is 1. The number of amides is 2. The largest absolute Gasteiger partial charge is 0.497 e. The van der Waals surface area contributed by atoms with E-state index in [4.69, 9.17) is 66.8 Å². The molecule has 0 saturated carbocycles. The molecular weight excluding hydrogens is 1780 g/mol. The van der Waals surface area contributed by atoms with Gasteiger partial charge in [0.25, 0.3) is 5.91 Å². The van der Waals surface area contributed by atoms with Gasteiger partial charge < -0.3 is 72.2 Å². The third-order valence-corrected chi connectivity index (χ3v) is 24.6. The summed E-state index contributed by atoms with van der Waals surface area (Å²) in [6.45, 7) is 51.0. The molecule has 2 N–H and O–H groups in total. The van der Waals surface area contributed by atoms with E-state index in [1.54, 1.807) is 146 Å². The van der Waals surface area contributed by atoms with Gasteiger partial charge in [-0.1, -0.05) is 236 Å². The minimum absolute atomic E-state index is 0.00779. The number of carbonyl (C=O) groups excluding carboxylic acids is 9. The molecule has 0 aromatic heterocycles. The molecule has 0 aliphatic carbocycles. The molecule has 33 heteroatoms. The molecule has 130 heavy (non-hydrogen) atoms. The number of benzene rings is 6. The molecule has 6 rings (SSSR count). The zero-order valence-corrected chi connectivity index (χ0v) is 90.6. The Bertz CT molecular complexity index is 4670. The van der Waals surface area contributed by atoms with Gasteiger partial charge >= 0.3 is 41.8 Å². The van der Waals surface area contributed by atoms with E-state index in [1.165, 1.54) is 37.5 Å². The van der Waals surface area contributed by atoms with Crippen molar-refractivity contribution in [1.29, 1.82) is 5.26 Å². The summed E-state index contributed by atoms with van der Waals surface area (Å²) < 4.78 is 67.3. The van der Waals surface area contributed by atoms with Gasteiger partial charge in [-0.3, -0.25) is 9.59 Å². The van der Waals surface area contributed by atoms with Crippen molar-refractivity contribution >= 4 is 155 Å². The van der Waals surface area contributed by atoms with E-state index < -0.39 is 106 Å². The average molecular weight is 1930 g/mol. The predicted molar refractivity (Wildman–Crippen MR) is 544 cm³/mol. The van der Waals surface area contributed by atoms with Crippen LogP contribution in [0.2, 0.25) is 157 Å². The lowest BCUT2D eigenvalue weighted by atomic mass is 10.1. The molecular formula is C97H143N3O22Si8. The van der Waals surface area contributed by atoms with Gasteiger partial charge in [-0.15, -0.1) is 0 Å². The van der Waals surface area contributed by atoms with Crippen LogP contribution in [0.1, 0.15) is 33.4 Å². The first kappa shape index (κ1) is 117. The van der Waals surface area contributed by atoms with Crippen LogP contribution in [-0.2, 0) is 76.3 Å². The number of hydrogen-bond acceptors (Lipinski definition) is 23. The molecule has 0 aliphatic rings. The fourth-order valence-electron chi connectivity index (χ4n) is 9.16. The van der Waals surface area contributed by atoms with Crippen LogP contribution >= 0.6 is 0 Å². The van der Waals surface area contributed by atoms with Crippen LogP contribution in [0.4, 0.5) is 0 Å². The van der Waals surface area contributed by atoms with Crippen molar-refractivity contribution in [2.75, 3.05) is 99.5 Å². The fraction of sp³-hybridized carbons (Fsp3) is 0.402. The number of esters is 7. The van der Waals surface area contributed by atoms with Crippen molar-refractivity contribution in [1.82, 2.24) is 10.6 Å². The second-order valence-electron chi connectivity index (χ2n) is 39.5. The van der Waals surface area contributed by atoms with Crippen molar-refractivity contribution in [3.05, 3.63) is 213 Å². The van der Waals surface area contributed by atoms with E-state index in [-0.39, 0.29) is 34.2 Å². The number of para-hydroxylation sites is 1. The smallest absolute Gasteiger partial charge is 0.348 e. The van der Waals surface area contributed by atoms with Gasteiger partial charge in [0.05, 0.1) is 152 Å². The van der Waals surface area contributed by atoms with Crippen LogP contribution in [0.5, 0.6) is 34.5 Å². The zero-order valence-electron chi connectivity index (χ0n) is 82.6. The second-order valence-corrected chi connectivity index (χ2v) is 82.9. The molecule has 0 saturated heterocycles. The highest BCUT2D eigenvalue weighted by Crippen LogP contribution is 2.25. The standard InChI is InChI=1S/2C19H30O5Si2.C16H23NO4Si.C15H19NO3Si.C14H21NO2Si.C14H20O3Si/c1-22-16-10-8-15(9-11-16)12-17(18(20)23-13-25(2,3)4)19(21)24-14-26(5,6)7;1-22-17-11-9-8-10-15(17)12-16(18(20)23-13-25(2,3)4)19(21)24-14-26(5,6)7;1-20-13-8-6-12(7-9-13)10-14(16(19)21-2)15(18)17-11-22(3,4)5;1-18-14-7-5-12(6-8-14)9-13(10-16)15(17)19-11-20(2,3)4;1-17-13-8-5-12(6-9-13)7-10-14(16)15-11-18(2,3)4;1-16-13-8-5-12(6-9-13)7-10-14(15)17-11-18(2,3)4/h2*8-12H,13-14H2,1-7H3;6-10H,11H2,1-5H3,(H,17,18);5-9H,11H2,1-4H3;5-10H,11H2,1-4H3,(H,15,16);5-10H,11H2,1-4H3/b;;14-10-;13-9+;2*10-7+. The quantitative estimate of drug-likeness (QED) is 0.00696. The third-order valence-electron chi connectivity index (χ3n) is 16.1. The number of methoxy groups -OCH3 is 7. The molecule has 6 aromatic carbocycles. The van der Waals surface area contributed by atoms with Crippen LogP contribution < -0.4 is 39.1 Å². The Morgan fingerprint density at radius 2 is 0.585 bits per heavy atom. The highest BCUT2D eigenvalue weighted by Gasteiger charge is 2.30. The highest BCUT2D eigenvalue weighted by molar-refractivity contribution is 6.79. The lowest BCUT2D eigenvalue weighted by Gasteiger charge is -2.18. The van der Waals surface area contributed by atoms with E-state index in [2.05, 4.69) is 168 Å². The van der Waals surface area contributed by atoms with Crippen molar-refractivity contribution in [3.8, 4) is 40.6 Å². The maximum atomic E-state index is 12.6. The zero-order chi connectivity index (χ0) is 99.0. The maximum Gasteiger partial charge on any atom is 0.348 e. The van der Waals surface area contributed by atoms with Gasteiger partial charge in [0.2, 0.25) is 5.91 Å². The number of nitrogens with one attached hydrogen (secondary N) is 2. The first-order valence-electron chi connectivity index (χ1n) is 42.4. The predicted octanol–water partition coefficient (Wildman–Crippen LogP) is 18.9. The van der Waals surface area contributed by atoms with Gasteiger partial charge in [-0.25, -0.2) is 33.6 Å². The Labute approximate surface area is 780 Å². The molecule has 2 amide bonds. The van der Waals surface area contributed by atoms with Crippen molar-refractivity contribution in [2.45, 2.75) is 157 Å². The summed E-state index contributed by atoms with van der Waals surface area (Å²) in [5.41, 5.74) is 4.56. The van der Waals surface area contributed by atoms with Gasteiger partial charge in [-0.05, 0) is 131 Å². The van der Waals surface area contributed by atoms with E-state index in [0.29, 0.717) is 71.9 Å². The van der Waals surface area contributed by atoms with Gasteiger partial charge in [-0.2, -0.15) is 5.26 Å². The SMILES string of the molecule is COC(=O)/C(=C\c1ccc(OC)cc1)C(=O)NC[Si](C)(C)C.COc1ccc(/C=C(\C#N)C(=O)OC[Si](C)(C)C)cc1.COc1ccc(/C=C/C(=O)NC[Si](C)(C)C)cc1.COc1ccc(/C=C/C(=O)OC[Si](C)(C)C)cc1.COc1ccc(C=C(C(=O)OC[Si](C)(C)C)C(=O)OC[Si](C)(C)C)cc1.COc1ccccc1C=C(C(=O)OC[Si](C)(C)C)C(=O)OC[Si](C)(C)C. The van der Waals surface area contributed by atoms with E-state index in [1.807, 2.05) is 66.7 Å². The van der Waals surface area contributed by atoms with Gasteiger partial charge in [0.15, 0.2) is 0 Å². The van der Waals surface area contributed by atoms with Crippen LogP contribution in [-0.4, -0.2) is 218 Å². The van der Waals surface area contributed by atoms with E-state index >= 15 is 0 Å². The molecule has 0 fully saturated rings. The monoisotopic (exact) mass is 1930 g/mol. The molecule has 710 valence electrons. The van der Waals surface area contributed by atoms with Crippen molar-refractivity contribution in [2.24, 2.45) is 0 Å². The Kier molecular flexibility index (Phi) is 51.5. The Morgan fingerprint density at radius 1 is 0.300 bits per heavy atom. The summed E-state index contributed by atoms with van der Waals surface area (Å²) in [6, 6.07) is 45.4. The molecule has 0 spiro atoms. The molecule has 0 unspecified atom stereocenters. The molecule has 0 heterocycles. The number of carbonyl (C=O) groups is 9. The summed E-state index contributed by atoms with van der Waals surface area (Å²) in [5, 5.41) is 14.8. The highest BCUT2D eigenvalue weighted by atomic mass is 28.3. The minimum Gasteiger partial charge on any atom is -0.497 e. The number of ether oxygens (including phenoxy) is 13. The minimum atomic E-state index is -1.60. The summed E-state index contributed by atoms with van der Waals surface area (Å²) in [6.07, 6.45) is 16.4. The van der Waals surface area contributed by atoms with E-state index in [0.717, 1.165) is 45.7 Å². The Balaban J connectivity index is 0.000000785. The normalized spacial score (nSPS) is 11.6. The molecule has 0 radical (unpaired) electrons. The number of nitrogens with zero attached hydrogens (tertiary/aromatic N) is 1. The maximum absolute atomic E-state index is 12.6. The molecule has 25 nitrogen and oxygen atoms in total. The second kappa shape index (κ2) is 57.2. The summed E-state index contributed by atoms with van der Waals surface area (Å²) in [7, 11) is -1.05. The van der Waals surface area contributed by atoms with Gasteiger partial charge in [0, 0.05) is 30.1 Å². The van der Waals surface area contributed by atoms with Crippen LogP contribution in [0, 0.1) is 11.3 Å². The topological polar surface area (TPSA) is 321 Å². The number of hydrogen-bond donors (Lipinski definition) is 2. The molecule has 0 atom stereocenters. The molecule has 0 aliphatic heterocycles. The molecule has 6 aromatic rings. The fourth-order valence-corrected chi connectivity index (χ4v) is 14.0. The lowest BCUT2D eigenvalue weighted by Crippen LogP contribution is -2.41. The number of rotatable bonds is 37. The Morgan fingerprint density at radius 3 is 0.892 bits per heavy atom. The van der Waals surface area contributed by atoms with Crippen LogP contribution in [0.3, 0.4) is 0 Å². The first-order chi connectivity index (χ1) is 60.3. The summed E-state index contributed by atoms with van der Waals surface area (Å²) >= 11 is 0. The van der Waals surface area contributed by atoms with E-state index in [9.17, 15) is 43.2 Å². The lowest BCUT2D eigenvalue weighted by molar-refractivity contribution is -0.146. The Hall–Kier alpha value is -11.0. The first-order valence-corrected chi connectivity index (χ1v) is 72.1. The average Bonchev–Trinajstić information content (AvgIpc) is 0.852. The summed E-state index contributed by atoms with van der Waals surface area (Å²) in [5.74, 6) is -0.204. The van der Waals surface area contributed by atoms with Crippen molar-refractivity contribution < 1.29 is 105 Å². The summed E-state index contributed by atoms with van der Waals surface area (Å²) in [4.78, 5) is 109. The van der Waals surface area contributed by atoms with Crippen molar-refractivity contribution in [3.63, 3.8) is 0 Å². The third kappa shape index (κ3) is 55.8. The van der Waals surface area contributed by atoms with Crippen LogP contribution in [0.15, 0.2) is 180 Å². The van der Waals surface area contributed by atoms with Crippen LogP contribution in [0.25, 0.3) is 36.5 Å². The molecule has 0 bridgehead atoms. The van der Waals surface area contributed by atoms with Gasteiger partial charge in [0.1, 0.15) is 62.9 Å².